The second kappa shape index (κ2) is 8.12. The molecular weight excluding hydrogens is 430 g/mol. The predicted molar refractivity (Wildman–Crippen MR) is 116 cm³/mol. The van der Waals surface area contributed by atoms with E-state index < -0.39 is 29.4 Å². The largest absolute Gasteiger partial charge is 0.507 e. The molecular formula is C25H18F2N2O4. The number of anilines is 1. The van der Waals surface area contributed by atoms with Crippen molar-refractivity contribution in [2.45, 2.75) is 18.9 Å². The minimum absolute atomic E-state index is 0.188. The van der Waals surface area contributed by atoms with Crippen LogP contribution in [0.5, 0.6) is 5.75 Å². The molecule has 0 spiro atoms. The Morgan fingerprint density at radius 2 is 1.85 bits per heavy atom. The average Bonchev–Trinajstić information content (AvgIpc) is 3.09. The van der Waals surface area contributed by atoms with Crippen LogP contribution in [0.1, 0.15) is 29.2 Å². The summed E-state index contributed by atoms with van der Waals surface area (Å²) in [6.07, 6.45) is 4.50. The highest BCUT2D eigenvalue weighted by Gasteiger charge is 2.47. The third kappa shape index (κ3) is 3.53. The van der Waals surface area contributed by atoms with Crippen molar-refractivity contribution in [3.05, 3.63) is 94.8 Å². The van der Waals surface area contributed by atoms with Crippen LogP contribution in [0.4, 0.5) is 14.5 Å². The summed E-state index contributed by atoms with van der Waals surface area (Å²) < 4.78 is 33.8. The summed E-state index contributed by atoms with van der Waals surface area (Å²) >= 11 is 0. The number of aromatic nitrogens is 1. The van der Waals surface area contributed by atoms with E-state index in [2.05, 4.69) is 4.98 Å². The molecule has 1 saturated heterocycles. The summed E-state index contributed by atoms with van der Waals surface area (Å²) in [5, 5.41) is 11.2. The molecule has 0 saturated carbocycles. The summed E-state index contributed by atoms with van der Waals surface area (Å²) in [7, 11) is 0. The molecule has 5 rings (SSSR count). The predicted octanol–water partition coefficient (Wildman–Crippen LogP) is 4.31. The zero-order valence-electron chi connectivity index (χ0n) is 17.3. The zero-order valence-corrected chi connectivity index (χ0v) is 17.3. The first-order valence-electron chi connectivity index (χ1n) is 10.4. The monoisotopic (exact) mass is 448 g/mol. The quantitative estimate of drug-likeness (QED) is 0.367. The lowest BCUT2D eigenvalue weighted by atomic mass is 9.94. The molecule has 6 nitrogen and oxygen atoms in total. The van der Waals surface area contributed by atoms with Gasteiger partial charge in [-0.15, -0.1) is 0 Å². The molecule has 3 aromatic rings. The lowest BCUT2D eigenvalue weighted by molar-refractivity contribution is -0.132. The Bertz CT molecular complexity index is 1310. The first kappa shape index (κ1) is 20.8. The molecule has 8 heteroatoms. The number of ether oxygens (including phenoxy) is 1. The SMILES string of the molecule is O=C1C(=O)N(c2ccc(F)cc2F)C(c2ccncc2)/C1=C(/O)c1ccc2c(c1)CCCO2. The molecule has 0 radical (unpaired) electrons. The number of nitrogens with zero attached hydrogens (tertiary/aromatic N) is 2. The number of halogens is 2. The fourth-order valence-corrected chi connectivity index (χ4v) is 4.28. The van der Waals surface area contributed by atoms with Gasteiger partial charge in [0, 0.05) is 24.0 Å². The Labute approximate surface area is 187 Å². The van der Waals surface area contributed by atoms with Gasteiger partial charge in [-0.25, -0.2) is 8.78 Å². The summed E-state index contributed by atoms with van der Waals surface area (Å²) in [5.41, 5.74) is 1.21. The standard InChI is InChI=1S/C25H18F2N2O4/c26-17-4-5-19(18(27)13-17)29-22(14-7-9-28-10-8-14)21(24(31)25(29)32)23(30)16-3-6-20-15(12-16)2-1-11-33-20/h3-10,12-13,22,30H,1-2,11H2/b23-21-. The van der Waals surface area contributed by atoms with Gasteiger partial charge in [-0.3, -0.25) is 19.5 Å². The van der Waals surface area contributed by atoms with Crippen LogP contribution in [-0.2, 0) is 16.0 Å². The number of carbonyl (C=O) groups is 2. The van der Waals surface area contributed by atoms with Crippen molar-refractivity contribution in [3.8, 4) is 5.75 Å². The van der Waals surface area contributed by atoms with Crippen molar-refractivity contribution in [2.75, 3.05) is 11.5 Å². The number of aliphatic hydroxyl groups excluding tert-OH is 1. The highest BCUT2D eigenvalue weighted by Crippen LogP contribution is 2.43. The van der Waals surface area contributed by atoms with Crippen LogP contribution in [0.15, 0.2) is 66.5 Å². The molecule has 166 valence electrons. The van der Waals surface area contributed by atoms with E-state index in [9.17, 15) is 23.5 Å². The molecule has 1 atom stereocenters. The van der Waals surface area contributed by atoms with Crippen LogP contribution >= 0.6 is 0 Å². The van der Waals surface area contributed by atoms with Gasteiger partial charge in [0.2, 0.25) is 0 Å². The van der Waals surface area contributed by atoms with Crippen LogP contribution in [0, 0.1) is 11.6 Å². The number of aryl methyl sites for hydroxylation is 1. The first-order valence-corrected chi connectivity index (χ1v) is 10.4. The second-order valence-electron chi connectivity index (χ2n) is 7.82. The summed E-state index contributed by atoms with van der Waals surface area (Å²) in [4.78, 5) is 31.0. The van der Waals surface area contributed by atoms with Gasteiger partial charge in [0.25, 0.3) is 11.7 Å². The van der Waals surface area contributed by atoms with Crippen molar-refractivity contribution in [1.29, 1.82) is 0 Å². The van der Waals surface area contributed by atoms with Gasteiger partial charge in [-0.2, -0.15) is 0 Å². The van der Waals surface area contributed by atoms with E-state index in [1.807, 2.05) is 0 Å². The summed E-state index contributed by atoms with van der Waals surface area (Å²) in [6.45, 7) is 0.606. The van der Waals surface area contributed by atoms with Crippen LogP contribution < -0.4 is 9.64 Å². The summed E-state index contributed by atoms with van der Waals surface area (Å²) in [5.74, 6) is -3.48. The van der Waals surface area contributed by atoms with E-state index in [0.29, 0.717) is 29.5 Å². The lowest BCUT2D eigenvalue weighted by Crippen LogP contribution is -2.30. The Hall–Kier alpha value is -4.07. The van der Waals surface area contributed by atoms with Crippen molar-refractivity contribution in [3.63, 3.8) is 0 Å². The van der Waals surface area contributed by atoms with E-state index in [4.69, 9.17) is 4.74 Å². The normalized spacial score (nSPS) is 19.3. The first-order chi connectivity index (χ1) is 16.0. The van der Waals surface area contributed by atoms with E-state index in [1.54, 1.807) is 30.3 Å². The maximum Gasteiger partial charge on any atom is 0.300 e. The Kier molecular flexibility index (Phi) is 5.12. The molecule has 33 heavy (non-hydrogen) atoms. The smallest absolute Gasteiger partial charge is 0.300 e. The molecule has 1 N–H and O–H groups in total. The maximum atomic E-state index is 14.7. The van der Waals surface area contributed by atoms with E-state index in [1.165, 1.54) is 12.4 Å². The molecule has 1 unspecified atom stereocenters. The average molecular weight is 448 g/mol. The van der Waals surface area contributed by atoms with Gasteiger partial charge in [0.05, 0.1) is 23.9 Å². The molecule has 3 heterocycles. The molecule has 1 aromatic heterocycles. The number of hydrogen-bond donors (Lipinski definition) is 1. The Morgan fingerprint density at radius 1 is 1.06 bits per heavy atom. The highest BCUT2D eigenvalue weighted by atomic mass is 19.1. The van der Waals surface area contributed by atoms with Crippen molar-refractivity contribution >= 4 is 23.1 Å². The van der Waals surface area contributed by atoms with Crippen LogP contribution in [-0.4, -0.2) is 28.4 Å². The van der Waals surface area contributed by atoms with Gasteiger partial charge in [-0.1, -0.05) is 0 Å². The molecule has 2 aliphatic rings. The second-order valence-corrected chi connectivity index (χ2v) is 7.82. The topological polar surface area (TPSA) is 79.7 Å². The number of pyridine rings is 1. The van der Waals surface area contributed by atoms with Gasteiger partial charge >= 0.3 is 0 Å². The third-order valence-electron chi connectivity index (χ3n) is 5.82. The van der Waals surface area contributed by atoms with Gasteiger partial charge in [0.15, 0.2) is 0 Å². The minimum Gasteiger partial charge on any atom is -0.507 e. The van der Waals surface area contributed by atoms with Gasteiger partial charge in [0.1, 0.15) is 23.1 Å². The van der Waals surface area contributed by atoms with E-state index in [0.717, 1.165) is 35.4 Å². The Balaban J connectivity index is 1.70. The Morgan fingerprint density at radius 3 is 2.61 bits per heavy atom. The van der Waals surface area contributed by atoms with Crippen LogP contribution in [0.3, 0.4) is 0 Å². The van der Waals surface area contributed by atoms with Crippen molar-refractivity contribution < 1.29 is 28.2 Å². The number of aliphatic hydroxyl groups is 1. The zero-order chi connectivity index (χ0) is 23.1. The third-order valence-corrected chi connectivity index (χ3v) is 5.82. The van der Waals surface area contributed by atoms with E-state index >= 15 is 0 Å². The highest BCUT2D eigenvalue weighted by molar-refractivity contribution is 6.51. The van der Waals surface area contributed by atoms with Crippen molar-refractivity contribution in [1.82, 2.24) is 4.98 Å². The number of rotatable bonds is 3. The van der Waals surface area contributed by atoms with Crippen LogP contribution in [0.25, 0.3) is 5.76 Å². The fourth-order valence-electron chi connectivity index (χ4n) is 4.28. The number of carbonyl (C=O) groups excluding carboxylic acids is 2. The minimum atomic E-state index is -1.12. The molecule has 0 bridgehead atoms. The molecule has 0 aliphatic carbocycles. The number of Topliss-reactive ketones (excluding diaryl/α,β-unsaturated/α-hetero) is 1. The maximum absolute atomic E-state index is 14.7. The fraction of sp³-hybridized carbons (Fsp3) is 0.160. The summed E-state index contributed by atoms with van der Waals surface area (Å²) in [6, 6.07) is 9.79. The van der Waals surface area contributed by atoms with E-state index in [-0.39, 0.29) is 17.0 Å². The number of amides is 1. The number of fused-ring (bicyclic) bond motifs is 1. The van der Waals surface area contributed by atoms with Gasteiger partial charge < -0.3 is 9.84 Å². The lowest BCUT2D eigenvalue weighted by Gasteiger charge is -2.25. The molecule has 1 fully saturated rings. The van der Waals surface area contributed by atoms with Crippen molar-refractivity contribution in [2.24, 2.45) is 0 Å². The number of hydrogen-bond acceptors (Lipinski definition) is 5. The van der Waals surface area contributed by atoms with Gasteiger partial charge in [-0.05, 0) is 66.4 Å². The molecule has 2 aromatic carbocycles. The molecule has 1 amide bonds. The number of ketones is 1. The molecule has 2 aliphatic heterocycles. The number of benzene rings is 2. The van der Waals surface area contributed by atoms with Crippen LogP contribution in [0.2, 0.25) is 0 Å².